The number of carbonyl (C=O) groups is 1. The van der Waals surface area contributed by atoms with Crippen molar-refractivity contribution in [3.05, 3.63) is 101 Å². The normalized spacial score (nSPS) is 10.7. The van der Waals surface area contributed by atoms with Crippen molar-refractivity contribution in [2.45, 2.75) is 20.0 Å². The van der Waals surface area contributed by atoms with Gasteiger partial charge in [-0.25, -0.2) is 4.98 Å². The first kappa shape index (κ1) is 21.1. The zero-order valence-electron chi connectivity index (χ0n) is 17.7. The summed E-state index contributed by atoms with van der Waals surface area (Å²) in [6, 6.07) is 21.5. The average Bonchev–Trinajstić information content (AvgIpc) is 2.82. The first-order chi connectivity index (χ1) is 15.6. The molecule has 0 atom stereocenters. The molecule has 0 saturated carbocycles. The number of anilines is 1. The SMILES string of the molecule is CCc1ccc(OCC(=O)Nc2cccc(OCc3cc(=O)n4ccccc4n3)c2)cc1. The van der Waals surface area contributed by atoms with Gasteiger partial charge < -0.3 is 14.8 Å². The molecule has 2 aromatic heterocycles. The van der Waals surface area contributed by atoms with Crippen LogP contribution in [-0.4, -0.2) is 21.9 Å². The number of aryl methyl sites for hydroxylation is 1. The molecule has 4 rings (SSSR count). The molecule has 0 fully saturated rings. The van der Waals surface area contributed by atoms with Gasteiger partial charge in [0.15, 0.2) is 6.61 Å². The van der Waals surface area contributed by atoms with Crippen LogP contribution in [0.25, 0.3) is 5.65 Å². The third-order valence-electron chi connectivity index (χ3n) is 4.83. The molecule has 0 radical (unpaired) electrons. The number of benzene rings is 2. The van der Waals surface area contributed by atoms with Crippen molar-refractivity contribution in [3.63, 3.8) is 0 Å². The molecule has 7 heteroatoms. The number of aromatic nitrogens is 2. The molecular formula is C25H23N3O4. The number of carbonyl (C=O) groups excluding carboxylic acids is 1. The maximum atomic E-state index is 12.2. The van der Waals surface area contributed by atoms with Gasteiger partial charge in [-0.1, -0.05) is 31.2 Å². The largest absolute Gasteiger partial charge is 0.487 e. The molecule has 2 aromatic carbocycles. The number of amides is 1. The lowest BCUT2D eigenvalue weighted by molar-refractivity contribution is -0.118. The lowest BCUT2D eigenvalue weighted by Gasteiger charge is -2.10. The van der Waals surface area contributed by atoms with Crippen molar-refractivity contribution in [1.82, 2.24) is 9.38 Å². The van der Waals surface area contributed by atoms with Gasteiger partial charge in [0.25, 0.3) is 11.5 Å². The fourth-order valence-electron chi connectivity index (χ4n) is 3.17. The van der Waals surface area contributed by atoms with E-state index in [0.29, 0.717) is 28.5 Å². The van der Waals surface area contributed by atoms with E-state index in [2.05, 4.69) is 17.2 Å². The Bertz CT molecular complexity index is 1280. The van der Waals surface area contributed by atoms with Gasteiger partial charge in [0.1, 0.15) is 23.8 Å². The Morgan fingerprint density at radius 1 is 0.969 bits per heavy atom. The standard InChI is InChI=1S/C25H23N3O4/c1-2-18-9-11-21(12-10-18)32-17-24(29)27-19-6-5-7-22(14-19)31-16-20-15-25(30)28-13-4-3-8-23(28)26-20/h3-15H,2,16-17H2,1H3,(H,27,29). The van der Waals surface area contributed by atoms with Crippen LogP contribution >= 0.6 is 0 Å². The third-order valence-corrected chi connectivity index (χ3v) is 4.83. The number of nitrogens with one attached hydrogen (secondary N) is 1. The van der Waals surface area contributed by atoms with E-state index in [1.165, 1.54) is 16.0 Å². The van der Waals surface area contributed by atoms with Crippen LogP contribution in [0.4, 0.5) is 5.69 Å². The van der Waals surface area contributed by atoms with Crippen LogP contribution < -0.4 is 20.3 Å². The minimum Gasteiger partial charge on any atom is -0.487 e. The van der Waals surface area contributed by atoms with Gasteiger partial charge >= 0.3 is 0 Å². The molecule has 0 unspecified atom stereocenters. The molecule has 0 spiro atoms. The molecule has 1 N–H and O–H groups in total. The maximum Gasteiger partial charge on any atom is 0.262 e. The molecule has 7 nitrogen and oxygen atoms in total. The molecule has 162 valence electrons. The summed E-state index contributed by atoms with van der Waals surface area (Å²) in [5.41, 5.74) is 2.72. The number of rotatable bonds is 8. The van der Waals surface area contributed by atoms with Crippen molar-refractivity contribution >= 4 is 17.2 Å². The van der Waals surface area contributed by atoms with E-state index in [-0.39, 0.29) is 24.7 Å². The number of hydrogen-bond donors (Lipinski definition) is 1. The van der Waals surface area contributed by atoms with Crippen LogP contribution in [0.3, 0.4) is 0 Å². The van der Waals surface area contributed by atoms with Crippen LogP contribution in [-0.2, 0) is 17.8 Å². The highest BCUT2D eigenvalue weighted by atomic mass is 16.5. The van der Waals surface area contributed by atoms with Gasteiger partial charge in [-0.3, -0.25) is 14.0 Å². The second kappa shape index (κ2) is 9.78. The van der Waals surface area contributed by atoms with Crippen molar-refractivity contribution in [2.24, 2.45) is 0 Å². The summed E-state index contributed by atoms with van der Waals surface area (Å²) in [6.07, 6.45) is 2.62. The van der Waals surface area contributed by atoms with Crippen molar-refractivity contribution in [1.29, 1.82) is 0 Å². The van der Waals surface area contributed by atoms with Crippen LogP contribution in [0, 0.1) is 0 Å². The number of ether oxygens (including phenoxy) is 2. The highest BCUT2D eigenvalue weighted by Crippen LogP contribution is 2.19. The molecule has 32 heavy (non-hydrogen) atoms. The molecule has 0 saturated heterocycles. The highest BCUT2D eigenvalue weighted by molar-refractivity contribution is 5.92. The van der Waals surface area contributed by atoms with E-state index in [9.17, 15) is 9.59 Å². The van der Waals surface area contributed by atoms with E-state index in [1.807, 2.05) is 30.3 Å². The summed E-state index contributed by atoms with van der Waals surface area (Å²) in [6.45, 7) is 2.12. The van der Waals surface area contributed by atoms with E-state index in [1.54, 1.807) is 42.6 Å². The Hall–Kier alpha value is -4.13. The summed E-state index contributed by atoms with van der Waals surface area (Å²) in [4.78, 5) is 28.9. The van der Waals surface area contributed by atoms with Gasteiger partial charge in [-0.15, -0.1) is 0 Å². The van der Waals surface area contributed by atoms with E-state index < -0.39 is 0 Å². The summed E-state index contributed by atoms with van der Waals surface area (Å²) in [5.74, 6) is 0.924. The fourth-order valence-corrected chi connectivity index (χ4v) is 3.17. The number of nitrogens with zero attached hydrogens (tertiary/aromatic N) is 2. The fraction of sp³-hybridized carbons (Fsp3) is 0.160. The molecule has 0 aliphatic heterocycles. The Balaban J connectivity index is 1.34. The molecule has 0 bridgehead atoms. The Labute approximate surface area is 185 Å². The van der Waals surface area contributed by atoms with Crippen molar-refractivity contribution in [3.8, 4) is 11.5 Å². The quantitative estimate of drug-likeness (QED) is 0.460. The summed E-state index contributed by atoms with van der Waals surface area (Å²) < 4.78 is 12.8. The van der Waals surface area contributed by atoms with Crippen LogP contribution in [0.5, 0.6) is 11.5 Å². The monoisotopic (exact) mass is 429 g/mol. The van der Waals surface area contributed by atoms with Gasteiger partial charge in [0.05, 0.1) is 5.69 Å². The zero-order valence-corrected chi connectivity index (χ0v) is 17.7. The first-order valence-electron chi connectivity index (χ1n) is 10.3. The molecule has 4 aromatic rings. The predicted molar refractivity (Wildman–Crippen MR) is 122 cm³/mol. The van der Waals surface area contributed by atoms with Gasteiger partial charge in [0.2, 0.25) is 0 Å². The van der Waals surface area contributed by atoms with E-state index in [0.717, 1.165) is 6.42 Å². The summed E-state index contributed by atoms with van der Waals surface area (Å²) >= 11 is 0. The highest BCUT2D eigenvalue weighted by Gasteiger charge is 2.07. The molecule has 2 heterocycles. The number of hydrogen-bond acceptors (Lipinski definition) is 5. The molecule has 1 amide bonds. The summed E-state index contributed by atoms with van der Waals surface area (Å²) in [7, 11) is 0. The molecular weight excluding hydrogens is 406 g/mol. The zero-order chi connectivity index (χ0) is 22.3. The number of pyridine rings is 1. The maximum absolute atomic E-state index is 12.2. The topological polar surface area (TPSA) is 81.9 Å². The van der Waals surface area contributed by atoms with E-state index in [4.69, 9.17) is 9.47 Å². The Morgan fingerprint density at radius 3 is 2.62 bits per heavy atom. The lowest BCUT2D eigenvalue weighted by atomic mass is 10.2. The van der Waals surface area contributed by atoms with Crippen LogP contribution in [0.2, 0.25) is 0 Å². The van der Waals surface area contributed by atoms with Gasteiger partial charge in [0, 0.05) is 24.0 Å². The Kier molecular flexibility index (Phi) is 6.46. The second-order valence-corrected chi connectivity index (χ2v) is 7.17. The second-order valence-electron chi connectivity index (χ2n) is 7.17. The smallest absolute Gasteiger partial charge is 0.262 e. The third kappa shape index (κ3) is 5.31. The lowest BCUT2D eigenvalue weighted by Crippen LogP contribution is -2.20. The molecule has 0 aliphatic carbocycles. The first-order valence-corrected chi connectivity index (χ1v) is 10.3. The predicted octanol–water partition coefficient (Wildman–Crippen LogP) is 3.85. The van der Waals surface area contributed by atoms with Crippen molar-refractivity contribution in [2.75, 3.05) is 11.9 Å². The molecule has 0 aliphatic rings. The number of fused-ring (bicyclic) bond motifs is 1. The van der Waals surface area contributed by atoms with Gasteiger partial charge in [-0.2, -0.15) is 0 Å². The van der Waals surface area contributed by atoms with Crippen LogP contribution in [0.1, 0.15) is 18.2 Å². The van der Waals surface area contributed by atoms with Crippen LogP contribution in [0.15, 0.2) is 83.8 Å². The van der Waals surface area contributed by atoms with Crippen molar-refractivity contribution < 1.29 is 14.3 Å². The average molecular weight is 429 g/mol. The van der Waals surface area contributed by atoms with E-state index >= 15 is 0 Å². The Morgan fingerprint density at radius 2 is 1.81 bits per heavy atom. The van der Waals surface area contributed by atoms with Gasteiger partial charge in [-0.05, 0) is 48.4 Å². The summed E-state index contributed by atoms with van der Waals surface area (Å²) in [5, 5.41) is 2.79. The minimum atomic E-state index is -0.272. The minimum absolute atomic E-state index is 0.0957.